The average Bonchev–Trinajstić information content (AvgIpc) is 2.39. The van der Waals surface area contributed by atoms with Gasteiger partial charge in [-0.15, -0.1) is 12.4 Å². The van der Waals surface area contributed by atoms with Crippen LogP contribution in [-0.2, 0) is 4.79 Å². The minimum atomic E-state index is -0.452. The molecule has 1 aliphatic heterocycles. The van der Waals surface area contributed by atoms with Crippen molar-refractivity contribution in [2.24, 2.45) is 0 Å². The number of para-hydroxylation sites is 1. The summed E-state index contributed by atoms with van der Waals surface area (Å²) in [7, 11) is 0. The van der Waals surface area contributed by atoms with Gasteiger partial charge in [0, 0.05) is 6.04 Å². The predicted octanol–water partition coefficient (Wildman–Crippen LogP) is 1.49. The van der Waals surface area contributed by atoms with E-state index in [0.29, 0.717) is 0 Å². The Balaban J connectivity index is 0.00000180. The Morgan fingerprint density at radius 3 is 2.74 bits per heavy atom. The van der Waals surface area contributed by atoms with Crippen LogP contribution < -0.4 is 15.4 Å². The first kappa shape index (κ1) is 15.7. The smallest absolute Gasteiger partial charge is 0.258 e. The molecule has 1 aromatic carbocycles. The van der Waals surface area contributed by atoms with Gasteiger partial charge in [-0.3, -0.25) is 4.79 Å². The first-order chi connectivity index (χ1) is 8.75. The lowest BCUT2D eigenvalue weighted by molar-refractivity contribution is -0.124. The van der Waals surface area contributed by atoms with E-state index in [1.165, 1.54) is 12.1 Å². The fourth-order valence-corrected chi connectivity index (χ4v) is 1.94. The highest BCUT2D eigenvalue weighted by atomic mass is 35.5. The van der Waals surface area contributed by atoms with E-state index in [4.69, 9.17) is 4.74 Å². The number of carbonyl (C=O) groups excluding carboxylic acids is 1. The molecule has 106 valence electrons. The number of halogens is 2. The summed E-state index contributed by atoms with van der Waals surface area (Å²) >= 11 is 0. The maximum Gasteiger partial charge on any atom is 0.258 e. The van der Waals surface area contributed by atoms with Crippen LogP contribution in [0.15, 0.2) is 24.3 Å². The Hall–Kier alpha value is -1.33. The van der Waals surface area contributed by atoms with E-state index >= 15 is 0 Å². The van der Waals surface area contributed by atoms with Crippen LogP contribution in [0.4, 0.5) is 4.39 Å². The third-order valence-corrected chi connectivity index (χ3v) is 2.90. The van der Waals surface area contributed by atoms with Crippen molar-refractivity contribution >= 4 is 18.3 Å². The molecule has 19 heavy (non-hydrogen) atoms. The molecule has 0 spiro atoms. The lowest BCUT2D eigenvalue weighted by atomic mass is 10.1. The minimum Gasteiger partial charge on any atom is -0.481 e. The quantitative estimate of drug-likeness (QED) is 0.883. The highest BCUT2D eigenvalue weighted by Gasteiger charge is 2.15. The summed E-state index contributed by atoms with van der Waals surface area (Å²) in [6.07, 6.45) is 1.84. The molecule has 2 rings (SSSR count). The van der Waals surface area contributed by atoms with Gasteiger partial charge in [0.15, 0.2) is 18.2 Å². The van der Waals surface area contributed by atoms with Gasteiger partial charge in [0.25, 0.3) is 5.91 Å². The fraction of sp³-hybridized carbons (Fsp3) is 0.462. The SMILES string of the molecule is Cl.O=C(COc1ccccc1F)NC1CCNCC1. The van der Waals surface area contributed by atoms with E-state index in [1.807, 2.05) is 0 Å². The molecule has 1 saturated heterocycles. The Bertz CT molecular complexity index is 411. The maximum atomic E-state index is 13.2. The third-order valence-electron chi connectivity index (χ3n) is 2.90. The molecule has 2 N–H and O–H groups in total. The first-order valence-electron chi connectivity index (χ1n) is 6.13. The summed E-state index contributed by atoms with van der Waals surface area (Å²) in [5.74, 6) is -0.546. The number of hydrogen-bond donors (Lipinski definition) is 2. The second-order valence-electron chi connectivity index (χ2n) is 4.31. The van der Waals surface area contributed by atoms with Gasteiger partial charge in [0.2, 0.25) is 0 Å². The third kappa shape index (κ3) is 5.04. The molecule has 0 radical (unpaired) electrons. The zero-order valence-corrected chi connectivity index (χ0v) is 11.3. The molecule has 1 aliphatic rings. The van der Waals surface area contributed by atoms with E-state index in [-0.39, 0.29) is 36.7 Å². The lowest BCUT2D eigenvalue weighted by Crippen LogP contribution is -2.44. The molecule has 0 atom stereocenters. The van der Waals surface area contributed by atoms with E-state index in [2.05, 4.69) is 10.6 Å². The van der Waals surface area contributed by atoms with Gasteiger partial charge in [0.05, 0.1) is 0 Å². The normalized spacial score (nSPS) is 15.4. The van der Waals surface area contributed by atoms with Crippen molar-refractivity contribution in [1.82, 2.24) is 10.6 Å². The summed E-state index contributed by atoms with van der Waals surface area (Å²) in [5.41, 5.74) is 0. The molecule has 0 bridgehead atoms. The summed E-state index contributed by atoms with van der Waals surface area (Å²) < 4.78 is 18.4. The first-order valence-corrected chi connectivity index (χ1v) is 6.13. The molecule has 1 heterocycles. The monoisotopic (exact) mass is 288 g/mol. The van der Waals surface area contributed by atoms with E-state index < -0.39 is 5.82 Å². The van der Waals surface area contributed by atoms with Gasteiger partial charge in [-0.1, -0.05) is 12.1 Å². The highest BCUT2D eigenvalue weighted by molar-refractivity contribution is 5.85. The zero-order valence-electron chi connectivity index (χ0n) is 10.5. The Morgan fingerprint density at radius 1 is 1.37 bits per heavy atom. The van der Waals surface area contributed by atoms with Crippen LogP contribution in [0.2, 0.25) is 0 Å². The summed E-state index contributed by atoms with van der Waals surface area (Å²) in [5, 5.41) is 6.10. The van der Waals surface area contributed by atoms with Crippen LogP contribution >= 0.6 is 12.4 Å². The van der Waals surface area contributed by atoms with Crippen molar-refractivity contribution in [3.63, 3.8) is 0 Å². The van der Waals surface area contributed by atoms with Crippen LogP contribution in [0.5, 0.6) is 5.75 Å². The molecule has 1 aromatic rings. The molecule has 0 unspecified atom stereocenters. The van der Waals surface area contributed by atoms with Crippen molar-refractivity contribution in [3.05, 3.63) is 30.1 Å². The van der Waals surface area contributed by atoms with Crippen LogP contribution in [0.1, 0.15) is 12.8 Å². The molecule has 0 aliphatic carbocycles. The Labute approximate surface area is 118 Å². The molecule has 0 aromatic heterocycles. The molecule has 0 saturated carbocycles. The van der Waals surface area contributed by atoms with Crippen molar-refractivity contribution < 1.29 is 13.9 Å². The second kappa shape index (κ2) is 7.96. The van der Waals surface area contributed by atoms with Gasteiger partial charge in [-0.25, -0.2) is 4.39 Å². The Kier molecular flexibility index (Phi) is 6.59. The van der Waals surface area contributed by atoms with Crippen LogP contribution in [0.3, 0.4) is 0 Å². The number of hydrogen-bond acceptors (Lipinski definition) is 3. The van der Waals surface area contributed by atoms with Gasteiger partial charge in [-0.05, 0) is 38.1 Å². The van der Waals surface area contributed by atoms with Crippen molar-refractivity contribution in [1.29, 1.82) is 0 Å². The van der Waals surface area contributed by atoms with Crippen molar-refractivity contribution in [2.45, 2.75) is 18.9 Å². The number of amides is 1. The lowest BCUT2D eigenvalue weighted by Gasteiger charge is -2.23. The van der Waals surface area contributed by atoms with Crippen LogP contribution in [0, 0.1) is 5.82 Å². The fourth-order valence-electron chi connectivity index (χ4n) is 1.94. The predicted molar refractivity (Wildman–Crippen MR) is 73.2 cm³/mol. The largest absolute Gasteiger partial charge is 0.481 e. The summed E-state index contributed by atoms with van der Waals surface area (Å²) in [6.45, 7) is 1.68. The topological polar surface area (TPSA) is 50.4 Å². The van der Waals surface area contributed by atoms with E-state index in [1.54, 1.807) is 12.1 Å². The summed E-state index contributed by atoms with van der Waals surface area (Å²) in [6, 6.07) is 6.26. The van der Waals surface area contributed by atoms with E-state index in [0.717, 1.165) is 25.9 Å². The van der Waals surface area contributed by atoms with Crippen LogP contribution in [0.25, 0.3) is 0 Å². The second-order valence-corrected chi connectivity index (χ2v) is 4.31. The van der Waals surface area contributed by atoms with Gasteiger partial charge in [0.1, 0.15) is 0 Å². The molecule has 1 amide bonds. The molecular formula is C13H18ClFN2O2. The number of carbonyl (C=O) groups is 1. The highest BCUT2D eigenvalue weighted by Crippen LogP contribution is 2.14. The van der Waals surface area contributed by atoms with E-state index in [9.17, 15) is 9.18 Å². The molecular weight excluding hydrogens is 271 g/mol. The van der Waals surface area contributed by atoms with Gasteiger partial charge in [-0.2, -0.15) is 0 Å². The molecule has 1 fully saturated rings. The van der Waals surface area contributed by atoms with Gasteiger partial charge >= 0.3 is 0 Å². The average molecular weight is 289 g/mol. The molecule has 4 nitrogen and oxygen atoms in total. The van der Waals surface area contributed by atoms with Gasteiger partial charge < -0.3 is 15.4 Å². The number of piperidine rings is 1. The van der Waals surface area contributed by atoms with Crippen molar-refractivity contribution in [3.8, 4) is 5.75 Å². The number of benzene rings is 1. The van der Waals surface area contributed by atoms with Crippen molar-refractivity contribution in [2.75, 3.05) is 19.7 Å². The minimum absolute atomic E-state index is 0. The number of ether oxygens (including phenoxy) is 1. The maximum absolute atomic E-state index is 13.2. The number of nitrogens with one attached hydrogen (secondary N) is 2. The molecule has 6 heteroatoms. The Morgan fingerprint density at radius 2 is 2.05 bits per heavy atom. The zero-order chi connectivity index (χ0) is 12.8. The summed E-state index contributed by atoms with van der Waals surface area (Å²) in [4.78, 5) is 11.6. The standard InChI is InChI=1S/C13H17FN2O2.ClH/c14-11-3-1-2-4-12(11)18-9-13(17)16-10-5-7-15-8-6-10;/h1-4,10,15H,5-9H2,(H,16,17);1H. The number of rotatable bonds is 4. The van der Waals surface area contributed by atoms with Crippen LogP contribution in [-0.4, -0.2) is 31.6 Å².